The van der Waals surface area contributed by atoms with Crippen molar-refractivity contribution in [1.29, 1.82) is 0 Å². The van der Waals surface area contributed by atoms with E-state index in [0.29, 0.717) is 22.7 Å². The maximum Gasteiger partial charge on any atom is 0.375 e. The second kappa shape index (κ2) is 8.92. The average Bonchev–Trinajstić information content (AvgIpc) is 3.18. The maximum atomic E-state index is 13.6. The molecular formula is C24H21NO6S. The number of carbonyl (C=O) groups excluding carboxylic acids is 2. The summed E-state index contributed by atoms with van der Waals surface area (Å²) in [5.74, 6) is -1.16. The number of aromatic nitrogens is 1. The normalized spacial score (nSPS) is 11.1. The van der Waals surface area contributed by atoms with E-state index in [9.17, 15) is 14.4 Å². The van der Waals surface area contributed by atoms with Crippen molar-refractivity contribution in [3.63, 3.8) is 0 Å². The number of esters is 2. The Kier molecular flexibility index (Phi) is 6.05. The van der Waals surface area contributed by atoms with Crippen molar-refractivity contribution < 1.29 is 23.5 Å². The first-order valence-corrected chi connectivity index (χ1v) is 11.1. The van der Waals surface area contributed by atoms with Crippen molar-refractivity contribution in [2.75, 3.05) is 6.61 Å². The molecule has 0 radical (unpaired) electrons. The monoisotopic (exact) mass is 451 g/mol. The number of hydrogen-bond acceptors (Lipinski definition) is 8. The molecule has 2 heterocycles. The van der Waals surface area contributed by atoms with Gasteiger partial charge < -0.3 is 13.9 Å². The minimum Gasteiger partial charge on any atom is -0.460 e. The lowest BCUT2D eigenvalue weighted by Gasteiger charge is -2.12. The molecular weight excluding hydrogens is 430 g/mol. The van der Waals surface area contributed by atoms with Crippen LogP contribution in [0.3, 0.4) is 0 Å². The minimum atomic E-state index is -0.757. The lowest BCUT2D eigenvalue weighted by Crippen LogP contribution is -2.15. The van der Waals surface area contributed by atoms with Crippen LogP contribution in [0, 0.1) is 0 Å². The average molecular weight is 452 g/mol. The highest BCUT2D eigenvalue weighted by Gasteiger charge is 2.26. The summed E-state index contributed by atoms with van der Waals surface area (Å²) >= 11 is 1.30. The van der Waals surface area contributed by atoms with Gasteiger partial charge in [0.1, 0.15) is 21.9 Å². The maximum absolute atomic E-state index is 13.6. The first-order chi connectivity index (χ1) is 15.4. The Hall–Kier alpha value is -3.52. The predicted molar refractivity (Wildman–Crippen MR) is 122 cm³/mol. The van der Waals surface area contributed by atoms with Crippen LogP contribution in [0.4, 0.5) is 0 Å². The SMILES string of the molecule is CCCc1cc2c(=O)c(-c3nc4ccccc4s3)c(C(=O)OCC)oc2cc1OC(C)=O. The van der Waals surface area contributed by atoms with Crippen LogP contribution in [0.5, 0.6) is 5.75 Å². The van der Waals surface area contributed by atoms with Gasteiger partial charge in [0, 0.05) is 13.0 Å². The van der Waals surface area contributed by atoms with Crippen LogP contribution in [0.25, 0.3) is 31.8 Å². The molecule has 0 unspecified atom stereocenters. The zero-order valence-electron chi connectivity index (χ0n) is 17.9. The molecule has 4 rings (SSSR count). The van der Waals surface area contributed by atoms with E-state index in [-0.39, 0.29) is 34.3 Å². The van der Waals surface area contributed by atoms with Crippen molar-refractivity contribution in [1.82, 2.24) is 4.98 Å². The highest BCUT2D eigenvalue weighted by Crippen LogP contribution is 2.34. The minimum absolute atomic E-state index is 0.0693. The second-order valence-corrected chi connectivity index (χ2v) is 8.17. The van der Waals surface area contributed by atoms with Crippen LogP contribution in [0.15, 0.2) is 45.6 Å². The number of ether oxygens (including phenoxy) is 2. The van der Waals surface area contributed by atoms with E-state index in [4.69, 9.17) is 13.9 Å². The molecule has 7 nitrogen and oxygen atoms in total. The molecule has 164 valence electrons. The highest BCUT2D eigenvalue weighted by molar-refractivity contribution is 7.21. The van der Waals surface area contributed by atoms with Gasteiger partial charge in [-0.3, -0.25) is 9.59 Å². The summed E-state index contributed by atoms with van der Waals surface area (Å²) in [6.45, 7) is 5.08. The largest absolute Gasteiger partial charge is 0.460 e. The van der Waals surface area contributed by atoms with Crippen LogP contribution >= 0.6 is 11.3 Å². The summed E-state index contributed by atoms with van der Waals surface area (Å²) in [5, 5.41) is 0.665. The van der Waals surface area contributed by atoms with E-state index in [1.54, 1.807) is 13.0 Å². The van der Waals surface area contributed by atoms with E-state index in [2.05, 4.69) is 4.98 Å². The standard InChI is InChI=1S/C24H21NO6S/c1-4-8-14-11-15-18(12-17(14)30-13(3)26)31-22(24(28)29-5-2)20(21(15)27)23-25-16-9-6-7-10-19(16)32-23/h6-7,9-12H,4-5,8H2,1-3H3. The van der Waals surface area contributed by atoms with Crippen molar-refractivity contribution in [2.24, 2.45) is 0 Å². The molecule has 0 spiro atoms. The Morgan fingerprint density at radius 2 is 1.94 bits per heavy atom. The number of carbonyl (C=O) groups is 2. The molecule has 4 aromatic rings. The van der Waals surface area contributed by atoms with E-state index >= 15 is 0 Å². The molecule has 0 aliphatic carbocycles. The third-order valence-corrected chi connectivity index (χ3v) is 5.87. The number of nitrogens with zero attached hydrogens (tertiary/aromatic N) is 1. The summed E-state index contributed by atoms with van der Waals surface area (Å²) in [6.07, 6.45) is 1.39. The summed E-state index contributed by atoms with van der Waals surface area (Å²) < 4.78 is 17.2. The lowest BCUT2D eigenvalue weighted by atomic mass is 10.0. The van der Waals surface area contributed by atoms with Gasteiger partial charge in [-0.1, -0.05) is 25.5 Å². The zero-order valence-corrected chi connectivity index (χ0v) is 18.7. The topological polar surface area (TPSA) is 95.7 Å². The van der Waals surface area contributed by atoms with Gasteiger partial charge in [0.2, 0.25) is 11.2 Å². The molecule has 0 atom stereocenters. The van der Waals surface area contributed by atoms with Crippen LogP contribution in [-0.2, 0) is 16.0 Å². The van der Waals surface area contributed by atoms with Gasteiger partial charge in [0.05, 0.1) is 22.2 Å². The van der Waals surface area contributed by atoms with E-state index in [0.717, 1.165) is 16.6 Å². The molecule has 0 fully saturated rings. The fourth-order valence-electron chi connectivity index (χ4n) is 3.49. The number of thiazole rings is 1. The third-order valence-electron chi connectivity index (χ3n) is 4.82. The van der Waals surface area contributed by atoms with Gasteiger partial charge in [-0.25, -0.2) is 9.78 Å². The van der Waals surface area contributed by atoms with Crippen LogP contribution in [0.1, 0.15) is 43.3 Å². The third kappa shape index (κ3) is 4.01. The molecule has 0 saturated heterocycles. The van der Waals surface area contributed by atoms with Crippen molar-refractivity contribution in [3.05, 3.63) is 57.9 Å². The lowest BCUT2D eigenvalue weighted by molar-refractivity contribution is -0.131. The molecule has 0 N–H and O–H groups in total. The fourth-order valence-corrected chi connectivity index (χ4v) is 4.50. The molecule has 0 aliphatic rings. The van der Waals surface area contributed by atoms with Crippen molar-refractivity contribution in [3.8, 4) is 16.3 Å². The Labute approximate surface area is 187 Å². The van der Waals surface area contributed by atoms with Gasteiger partial charge >= 0.3 is 11.9 Å². The molecule has 0 saturated carbocycles. The number of para-hydroxylation sites is 1. The molecule has 0 amide bonds. The summed E-state index contributed by atoms with van der Waals surface area (Å²) in [5.41, 5.74) is 1.25. The molecule has 2 aromatic heterocycles. The number of aryl methyl sites for hydroxylation is 1. The number of fused-ring (bicyclic) bond motifs is 2. The summed E-state index contributed by atoms with van der Waals surface area (Å²) in [7, 11) is 0. The fraction of sp³-hybridized carbons (Fsp3) is 0.250. The van der Waals surface area contributed by atoms with E-state index in [1.807, 2.05) is 31.2 Å². The molecule has 32 heavy (non-hydrogen) atoms. The molecule has 2 aromatic carbocycles. The van der Waals surface area contributed by atoms with Crippen LogP contribution in [-0.4, -0.2) is 23.5 Å². The second-order valence-electron chi connectivity index (χ2n) is 7.14. The molecule has 0 bridgehead atoms. The van der Waals surface area contributed by atoms with Crippen molar-refractivity contribution in [2.45, 2.75) is 33.6 Å². The van der Waals surface area contributed by atoms with Crippen LogP contribution < -0.4 is 10.2 Å². The van der Waals surface area contributed by atoms with Crippen LogP contribution in [0.2, 0.25) is 0 Å². The Morgan fingerprint density at radius 3 is 2.62 bits per heavy atom. The van der Waals surface area contributed by atoms with E-state index < -0.39 is 11.9 Å². The molecule has 8 heteroatoms. The van der Waals surface area contributed by atoms with Gasteiger partial charge in [-0.15, -0.1) is 11.3 Å². The van der Waals surface area contributed by atoms with Gasteiger partial charge in [0.15, 0.2) is 0 Å². The first kappa shape index (κ1) is 21.7. The highest BCUT2D eigenvalue weighted by atomic mass is 32.1. The van der Waals surface area contributed by atoms with E-state index in [1.165, 1.54) is 24.3 Å². The number of hydrogen-bond donors (Lipinski definition) is 0. The summed E-state index contributed by atoms with van der Waals surface area (Å²) in [4.78, 5) is 42.4. The Bertz CT molecular complexity index is 1370. The quantitative estimate of drug-likeness (QED) is 0.296. The Morgan fingerprint density at radius 1 is 1.16 bits per heavy atom. The Balaban J connectivity index is 2.03. The van der Waals surface area contributed by atoms with Gasteiger partial charge in [0.25, 0.3) is 0 Å². The van der Waals surface area contributed by atoms with Gasteiger partial charge in [-0.05, 0) is 37.1 Å². The number of rotatable bonds is 6. The smallest absolute Gasteiger partial charge is 0.375 e. The zero-order chi connectivity index (χ0) is 22.8. The van der Waals surface area contributed by atoms with Gasteiger partial charge in [-0.2, -0.15) is 0 Å². The first-order valence-electron chi connectivity index (χ1n) is 10.3. The summed E-state index contributed by atoms with van der Waals surface area (Å²) in [6, 6.07) is 10.6. The number of benzene rings is 2. The predicted octanol–water partition coefficient (Wildman–Crippen LogP) is 5.12. The van der Waals surface area contributed by atoms with Crippen molar-refractivity contribution >= 4 is 44.5 Å². The molecule has 0 aliphatic heterocycles.